The van der Waals surface area contributed by atoms with E-state index in [-0.39, 0.29) is 5.41 Å². The molecule has 2 nitrogen and oxygen atoms in total. The van der Waals surface area contributed by atoms with E-state index in [0.29, 0.717) is 0 Å². The highest BCUT2D eigenvalue weighted by molar-refractivity contribution is 6.00. The molecule has 0 amide bonds. The molecule has 0 bridgehead atoms. The minimum Gasteiger partial charge on any atom is -0.472 e. The number of furan rings is 1. The zero-order valence-corrected chi connectivity index (χ0v) is 10.3. The van der Waals surface area contributed by atoms with Crippen LogP contribution in [0.5, 0.6) is 0 Å². The van der Waals surface area contributed by atoms with Crippen molar-refractivity contribution in [2.45, 2.75) is 26.2 Å². The van der Waals surface area contributed by atoms with Gasteiger partial charge in [-0.25, -0.2) is 0 Å². The normalized spacial score (nSPS) is 16.8. The van der Waals surface area contributed by atoms with Gasteiger partial charge in [0.2, 0.25) is 0 Å². The second kappa shape index (κ2) is 3.33. The lowest BCUT2D eigenvalue weighted by Crippen LogP contribution is -2.22. The fourth-order valence-corrected chi connectivity index (χ4v) is 2.26. The predicted octanol–water partition coefficient (Wildman–Crippen LogP) is 4.33. The van der Waals surface area contributed by atoms with Crippen LogP contribution in [-0.4, -0.2) is 5.71 Å². The molecule has 0 fully saturated rings. The molecular formula is C15H15NO. The Labute approximate surface area is 101 Å². The van der Waals surface area contributed by atoms with Crippen LogP contribution in [0.25, 0.3) is 11.1 Å². The van der Waals surface area contributed by atoms with Gasteiger partial charge >= 0.3 is 0 Å². The van der Waals surface area contributed by atoms with E-state index in [2.05, 4.69) is 44.0 Å². The zero-order valence-electron chi connectivity index (χ0n) is 10.3. The average molecular weight is 225 g/mol. The van der Waals surface area contributed by atoms with Crippen molar-refractivity contribution in [3.05, 3.63) is 42.4 Å². The molecule has 3 rings (SSSR count). The molecule has 2 heteroatoms. The van der Waals surface area contributed by atoms with Crippen molar-refractivity contribution in [3.63, 3.8) is 0 Å². The highest BCUT2D eigenvalue weighted by atomic mass is 16.3. The summed E-state index contributed by atoms with van der Waals surface area (Å²) in [4.78, 5) is 4.62. The maximum absolute atomic E-state index is 5.13. The Morgan fingerprint density at radius 1 is 1.12 bits per heavy atom. The number of aliphatic imine (C=N–C) groups is 1. The van der Waals surface area contributed by atoms with Gasteiger partial charge in [0.25, 0.3) is 0 Å². The van der Waals surface area contributed by atoms with Gasteiger partial charge < -0.3 is 4.42 Å². The van der Waals surface area contributed by atoms with Gasteiger partial charge in [-0.05, 0) is 36.2 Å². The number of rotatable bonds is 1. The predicted molar refractivity (Wildman–Crippen MR) is 69.9 cm³/mol. The first-order chi connectivity index (χ1) is 8.09. The first-order valence-corrected chi connectivity index (χ1v) is 5.82. The Hall–Kier alpha value is -1.83. The molecule has 0 unspecified atom stereocenters. The van der Waals surface area contributed by atoms with Gasteiger partial charge in [-0.15, -0.1) is 0 Å². The molecule has 0 saturated heterocycles. The first kappa shape index (κ1) is 10.3. The van der Waals surface area contributed by atoms with Gasteiger partial charge in [-0.2, -0.15) is 0 Å². The second-order valence-electron chi connectivity index (χ2n) is 5.07. The summed E-state index contributed by atoms with van der Waals surface area (Å²) >= 11 is 0. The molecule has 1 aromatic heterocycles. The number of hydrogen-bond acceptors (Lipinski definition) is 2. The Morgan fingerprint density at radius 2 is 1.94 bits per heavy atom. The third-order valence-electron chi connectivity index (χ3n) is 3.72. The fraction of sp³-hybridized carbons (Fsp3) is 0.267. The maximum atomic E-state index is 5.13. The van der Waals surface area contributed by atoms with Crippen LogP contribution in [0.3, 0.4) is 0 Å². The van der Waals surface area contributed by atoms with Gasteiger partial charge in [0.15, 0.2) is 0 Å². The smallest absolute Gasteiger partial charge is 0.0980 e. The highest BCUT2D eigenvalue weighted by Gasteiger charge is 2.32. The summed E-state index contributed by atoms with van der Waals surface area (Å²) in [5.74, 6) is 0. The van der Waals surface area contributed by atoms with Gasteiger partial charge in [0, 0.05) is 16.7 Å². The van der Waals surface area contributed by atoms with Gasteiger partial charge in [-0.1, -0.05) is 19.9 Å². The summed E-state index contributed by atoms with van der Waals surface area (Å²) in [5.41, 5.74) is 5.92. The highest BCUT2D eigenvalue weighted by Crippen LogP contribution is 2.41. The monoisotopic (exact) mass is 225 g/mol. The fourth-order valence-electron chi connectivity index (χ4n) is 2.26. The number of benzene rings is 1. The summed E-state index contributed by atoms with van der Waals surface area (Å²) in [6, 6.07) is 8.40. The molecule has 17 heavy (non-hydrogen) atoms. The second-order valence-corrected chi connectivity index (χ2v) is 5.07. The van der Waals surface area contributed by atoms with E-state index in [9.17, 15) is 0 Å². The lowest BCUT2D eigenvalue weighted by atomic mass is 9.81. The van der Waals surface area contributed by atoms with Crippen molar-refractivity contribution < 1.29 is 4.42 Å². The van der Waals surface area contributed by atoms with Crippen LogP contribution in [0.1, 0.15) is 26.3 Å². The molecule has 86 valence electrons. The van der Waals surface area contributed by atoms with E-state index < -0.39 is 0 Å². The molecule has 1 aliphatic heterocycles. The third-order valence-corrected chi connectivity index (χ3v) is 3.72. The van der Waals surface area contributed by atoms with Crippen LogP contribution in [0.4, 0.5) is 5.69 Å². The van der Waals surface area contributed by atoms with Crippen LogP contribution in [0, 0.1) is 0 Å². The van der Waals surface area contributed by atoms with Gasteiger partial charge in [0.05, 0.1) is 18.2 Å². The first-order valence-electron chi connectivity index (χ1n) is 5.82. The van der Waals surface area contributed by atoms with Crippen LogP contribution in [-0.2, 0) is 5.41 Å². The van der Waals surface area contributed by atoms with Gasteiger partial charge in [0.1, 0.15) is 0 Å². The van der Waals surface area contributed by atoms with Crippen molar-refractivity contribution in [1.29, 1.82) is 0 Å². The third kappa shape index (κ3) is 1.44. The summed E-state index contributed by atoms with van der Waals surface area (Å²) in [7, 11) is 0. The summed E-state index contributed by atoms with van der Waals surface area (Å²) in [6.45, 7) is 6.53. The Bertz CT molecular complexity index is 591. The molecule has 0 atom stereocenters. The summed E-state index contributed by atoms with van der Waals surface area (Å²) in [6.07, 6.45) is 3.48. The van der Waals surface area contributed by atoms with Crippen molar-refractivity contribution in [3.8, 4) is 11.1 Å². The minimum absolute atomic E-state index is 0.0368. The molecule has 1 aromatic carbocycles. The topological polar surface area (TPSA) is 25.5 Å². The molecule has 2 heterocycles. The zero-order chi connectivity index (χ0) is 12.0. The molecule has 0 spiro atoms. The van der Waals surface area contributed by atoms with Crippen LogP contribution < -0.4 is 0 Å². The van der Waals surface area contributed by atoms with E-state index in [4.69, 9.17) is 4.42 Å². The molecule has 0 aliphatic carbocycles. The average Bonchev–Trinajstić information content (AvgIpc) is 2.88. The number of hydrogen-bond donors (Lipinski definition) is 0. The van der Waals surface area contributed by atoms with Crippen molar-refractivity contribution in [2.24, 2.45) is 4.99 Å². The molecule has 0 saturated carbocycles. The van der Waals surface area contributed by atoms with E-state index in [1.807, 2.05) is 6.07 Å². The van der Waals surface area contributed by atoms with Crippen molar-refractivity contribution in [2.75, 3.05) is 0 Å². The van der Waals surface area contributed by atoms with E-state index >= 15 is 0 Å². The van der Waals surface area contributed by atoms with E-state index in [0.717, 1.165) is 11.3 Å². The Kier molecular flexibility index (Phi) is 2.02. The quantitative estimate of drug-likeness (QED) is 0.709. The minimum atomic E-state index is 0.0368. The number of fused-ring (bicyclic) bond motifs is 1. The van der Waals surface area contributed by atoms with E-state index in [1.165, 1.54) is 16.8 Å². The van der Waals surface area contributed by atoms with Crippen LogP contribution in [0.2, 0.25) is 0 Å². The molecule has 0 radical (unpaired) electrons. The lowest BCUT2D eigenvalue weighted by Gasteiger charge is -2.20. The molecular weight excluding hydrogens is 210 g/mol. The largest absolute Gasteiger partial charge is 0.472 e. The standard InChI is InChI=1S/C15H15NO/c1-10-15(2,3)13-8-11(4-5-14(13)16-10)12-6-7-17-9-12/h4-9H,1-3H3. The van der Waals surface area contributed by atoms with Crippen LogP contribution in [0.15, 0.2) is 46.2 Å². The van der Waals surface area contributed by atoms with Gasteiger partial charge in [-0.3, -0.25) is 4.99 Å². The molecule has 1 aliphatic rings. The van der Waals surface area contributed by atoms with E-state index in [1.54, 1.807) is 12.5 Å². The SMILES string of the molecule is CC1=Nc2ccc(-c3ccoc3)cc2C1(C)C. The number of nitrogens with zero attached hydrogens (tertiary/aromatic N) is 1. The molecule has 0 N–H and O–H groups in total. The summed E-state index contributed by atoms with van der Waals surface area (Å²) in [5, 5.41) is 0. The lowest BCUT2D eigenvalue weighted by molar-refractivity contribution is 0.568. The Balaban J connectivity index is 2.15. The Morgan fingerprint density at radius 3 is 2.65 bits per heavy atom. The summed E-state index contributed by atoms with van der Waals surface area (Å²) < 4.78 is 5.13. The molecule has 2 aromatic rings. The van der Waals surface area contributed by atoms with Crippen LogP contribution >= 0.6 is 0 Å². The van der Waals surface area contributed by atoms with Crippen molar-refractivity contribution in [1.82, 2.24) is 0 Å². The maximum Gasteiger partial charge on any atom is 0.0980 e. The van der Waals surface area contributed by atoms with Crippen molar-refractivity contribution >= 4 is 11.4 Å².